The molecule has 1 atom stereocenters. The highest BCUT2D eigenvalue weighted by molar-refractivity contribution is 5.94. The van der Waals surface area contributed by atoms with Gasteiger partial charge in [0.2, 0.25) is 0 Å². The first kappa shape index (κ1) is 17.4. The lowest BCUT2D eigenvalue weighted by Gasteiger charge is -2.15. The zero-order valence-corrected chi connectivity index (χ0v) is 14.6. The van der Waals surface area contributed by atoms with Gasteiger partial charge in [-0.2, -0.15) is 0 Å². The molecule has 3 aromatic rings. The van der Waals surface area contributed by atoms with E-state index in [-0.39, 0.29) is 17.6 Å². The lowest BCUT2D eigenvalue weighted by Crippen LogP contribution is -2.28. The summed E-state index contributed by atoms with van der Waals surface area (Å²) in [5.41, 5.74) is 1.15. The fraction of sp³-hybridized carbons (Fsp3) is 0.238. The fourth-order valence-corrected chi connectivity index (χ4v) is 3.39. The first-order chi connectivity index (χ1) is 13.1. The SMILES string of the molecule is O=C(c1cccc(F)c1)N1CCC(c2ncc(Cc3cccc(F)c3)o2)C1. The molecule has 1 aliphatic heterocycles. The molecule has 6 heteroatoms. The normalized spacial score (nSPS) is 16.7. The van der Waals surface area contributed by atoms with Crippen LogP contribution in [0, 0.1) is 11.6 Å². The topological polar surface area (TPSA) is 46.3 Å². The highest BCUT2D eigenvalue weighted by Gasteiger charge is 2.31. The van der Waals surface area contributed by atoms with Gasteiger partial charge in [0.1, 0.15) is 17.4 Å². The van der Waals surface area contributed by atoms with Crippen molar-refractivity contribution >= 4 is 5.91 Å². The maximum atomic E-state index is 13.3. The Bertz CT molecular complexity index is 970. The maximum Gasteiger partial charge on any atom is 0.253 e. The van der Waals surface area contributed by atoms with Crippen molar-refractivity contribution in [2.45, 2.75) is 18.8 Å². The lowest BCUT2D eigenvalue weighted by molar-refractivity contribution is 0.0789. The molecule has 138 valence electrons. The van der Waals surface area contributed by atoms with Crippen molar-refractivity contribution in [1.82, 2.24) is 9.88 Å². The number of hydrogen-bond donors (Lipinski definition) is 0. The highest BCUT2D eigenvalue weighted by Crippen LogP contribution is 2.28. The Hall–Kier alpha value is -3.02. The van der Waals surface area contributed by atoms with Gasteiger partial charge in [-0.25, -0.2) is 13.8 Å². The van der Waals surface area contributed by atoms with Crippen LogP contribution in [0.25, 0.3) is 0 Å². The van der Waals surface area contributed by atoms with E-state index in [9.17, 15) is 13.6 Å². The average molecular weight is 368 g/mol. The molecule has 2 aromatic carbocycles. The number of oxazole rings is 1. The third kappa shape index (κ3) is 3.89. The van der Waals surface area contributed by atoms with Crippen LogP contribution in [0.1, 0.15) is 39.9 Å². The van der Waals surface area contributed by atoms with E-state index in [0.717, 1.165) is 12.0 Å². The number of carbonyl (C=O) groups excluding carboxylic acids is 1. The molecule has 4 rings (SSSR count). The number of likely N-dealkylation sites (tertiary alicyclic amines) is 1. The van der Waals surface area contributed by atoms with Crippen LogP contribution < -0.4 is 0 Å². The second-order valence-corrected chi connectivity index (χ2v) is 6.72. The van der Waals surface area contributed by atoms with Crippen LogP contribution in [0.4, 0.5) is 8.78 Å². The van der Waals surface area contributed by atoms with Crippen LogP contribution >= 0.6 is 0 Å². The second-order valence-electron chi connectivity index (χ2n) is 6.72. The Morgan fingerprint density at radius 1 is 1.15 bits per heavy atom. The Morgan fingerprint density at radius 3 is 2.70 bits per heavy atom. The average Bonchev–Trinajstić information content (AvgIpc) is 3.30. The Balaban J connectivity index is 1.42. The van der Waals surface area contributed by atoms with Crippen LogP contribution in [0.15, 0.2) is 59.1 Å². The van der Waals surface area contributed by atoms with E-state index in [2.05, 4.69) is 4.98 Å². The monoisotopic (exact) mass is 368 g/mol. The van der Waals surface area contributed by atoms with Crippen molar-refractivity contribution in [3.05, 3.63) is 89.1 Å². The van der Waals surface area contributed by atoms with Crippen molar-refractivity contribution in [3.63, 3.8) is 0 Å². The number of aromatic nitrogens is 1. The molecule has 1 aliphatic rings. The van der Waals surface area contributed by atoms with Gasteiger partial charge in [0.05, 0.1) is 12.1 Å². The van der Waals surface area contributed by atoms with E-state index in [1.807, 2.05) is 6.07 Å². The summed E-state index contributed by atoms with van der Waals surface area (Å²) in [5, 5.41) is 0. The van der Waals surface area contributed by atoms with Gasteiger partial charge >= 0.3 is 0 Å². The predicted octanol–water partition coefficient (Wildman–Crippen LogP) is 4.17. The zero-order valence-electron chi connectivity index (χ0n) is 14.6. The maximum absolute atomic E-state index is 13.3. The van der Waals surface area contributed by atoms with Gasteiger partial charge in [0.25, 0.3) is 5.91 Å². The van der Waals surface area contributed by atoms with E-state index >= 15 is 0 Å². The first-order valence-electron chi connectivity index (χ1n) is 8.82. The zero-order chi connectivity index (χ0) is 18.8. The molecule has 27 heavy (non-hydrogen) atoms. The molecule has 2 heterocycles. The Kier molecular flexibility index (Phi) is 4.71. The number of halogens is 2. The molecule has 1 unspecified atom stereocenters. The standard InChI is InChI=1S/C21H18F2N2O2/c22-17-5-1-3-14(9-17)10-19-12-24-20(27-19)16-7-8-25(13-16)21(26)15-4-2-6-18(23)11-15/h1-6,9,11-12,16H,7-8,10,13H2. The van der Waals surface area contributed by atoms with Crippen LogP contribution in [0.3, 0.4) is 0 Å². The third-order valence-electron chi connectivity index (χ3n) is 4.74. The number of carbonyl (C=O) groups is 1. The summed E-state index contributed by atoms with van der Waals surface area (Å²) >= 11 is 0. The summed E-state index contributed by atoms with van der Waals surface area (Å²) in [4.78, 5) is 18.6. The predicted molar refractivity (Wildman–Crippen MR) is 95.4 cm³/mol. The van der Waals surface area contributed by atoms with Crippen molar-refractivity contribution in [3.8, 4) is 0 Å². The summed E-state index contributed by atoms with van der Waals surface area (Å²) in [6.45, 7) is 1.05. The first-order valence-corrected chi connectivity index (χ1v) is 8.82. The largest absolute Gasteiger partial charge is 0.445 e. The van der Waals surface area contributed by atoms with Gasteiger partial charge in [-0.05, 0) is 42.3 Å². The molecule has 0 N–H and O–H groups in total. The van der Waals surface area contributed by atoms with Gasteiger partial charge < -0.3 is 9.32 Å². The fourth-order valence-electron chi connectivity index (χ4n) is 3.39. The minimum absolute atomic E-state index is 0.00349. The van der Waals surface area contributed by atoms with Crippen molar-refractivity contribution < 1.29 is 18.0 Å². The van der Waals surface area contributed by atoms with E-state index in [0.29, 0.717) is 36.7 Å². The highest BCUT2D eigenvalue weighted by atomic mass is 19.1. The van der Waals surface area contributed by atoms with E-state index in [4.69, 9.17) is 4.42 Å². The number of hydrogen-bond acceptors (Lipinski definition) is 3. The van der Waals surface area contributed by atoms with Gasteiger partial charge in [-0.15, -0.1) is 0 Å². The minimum Gasteiger partial charge on any atom is -0.445 e. The van der Waals surface area contributed by atoms with Crippen molar-refractivity contribution in [2.75, 3.05) is 13.1 Å². The number of amides is 1. The molecular formula is C21H18F2N2O2. The van der Waals surface area contributed by atoms with Gasteiger partial charge in [0, 0.05) is 25.1 Å². The van der Waals surface area contributed by atoms with Crippen molar-refractivity contribution in [2.24, 2.45) is 0 Å². The summed E-state index contributed by atoms with van der Waals surface area (Å²) in [6, 6.07) is 12.1. The lowest BCUT2D eigenvalue weighted by atomic mass is 10.1. The molecule has 1 saturated heterocycles. The van der Waals surface area contributed by atoms with Crippen LogP contribution in [-0.4, -0.2) is 28.9 Å². The van der Waals surface area contributed by atoms with Crippen LogP contribution in [0.5, 0.6) is 0 Å². The second kappa shape index (κ2) is 7.31. The molecule has 0 saturated carbocycles. The van der Waals surface area contributed by atoms with E-state index in [1.54, 1.807) is 23.2 Å². The van der Waals surface area contributed by atoms with E-state index in [1.165, 1.54) is 30.3 Å². The number of nitrogens with zero attached hydrogens (tertiary/aromatic N) is 2. The molecule has 1 amide bonds. The quantitative estimate of drug-likeness (QED) is 0.694. The van der Waals surface area contributed by atoms with Gasteiger partial charge in [-0.1, -0.05) is 18.2 Å². The van der Waals surface area contributed by atoms with Crippen LogP contribution in [-0.2, 0) is 6.42 Å². The number of benzene rings is 2. The molecule has 4 nitrogen and oxygen atoms in total. The summed E-state index contributed by atoms with van der Waals surface area (Å²) in [6.07, 6.45) is 2.85. The van der Waals surface area contributed by atoms with Crippen LogP contribution in [0.2, 0.25) is 0 Å². The Labute approximate surface area is 155 Å². The number of rotatable bonds is 4. The minimum atomic E-state index is -0.425. The third-order valence-corrected chi connectivity index (χ3v) is 4.74. The molecule has 1 aromatic heterocycles. The molecule has 1 fully saturated rings. The van der Waals surface area contributed by atoms with Crippen molar-refractivity contribution in [1.29, 1.82) is 0 Å². The summed E-state index contributed by atoms with van der Waals surface area (Å²) in [7, 11) is 0. The molecular weight excluding hydrogens is 350 g/mol. The molecule has 0 radical (unpaired) electrons. The van der Waals surface area contributed by atoms with E-state index < -0.39 is 5.82 Å². The van der Waals surface area contributed by atoms with Gasteiger partial charge in [0.15, 0.2) is 5.89 Å². The van der Waals surface area contributed by atoms with Gasteiger partial charge in [-0.3, -0.25) is 4.79 Å². The summed E-state index contributed by atoms with van der Waals surface area (Å²) in [5.74, 6) is 0.342. The smallest absolute Gasteiger partial charge is 0.253 e. The Morgan fingerprint density at radius 2 is 1.93 bits per heavy atom. The summed E-state index contributed by atoms with van der Waals surface area (Å²) < 4.78 is 32.5. The molecule has 0 bridgehead atoms. The molecule has 0 aliphatic carbocycles. The molecule has 0 spiro atoms.